The van der Waals surface area contributed by atoms with Crippen LogP contribution in [0.3, 0.4) is 0 Å². The van der Waals surface area contributed by atoms with Gasteiger partial charge in [-0.25, -0.2) is 0 Å². The van der Waals surface area contributed by atoms with Crippen LogP contribution in [0.25, 0.3) is 11.1 Å². The highest BCUT2D eigenvalue weighted by molar-refractivity contribution is 6.33. The highest BCUT2D eigenvalue weighted by Crippen LogP contribution is 2.36. The molecule has 0 spiro atoms. The number of nitrogens with two attached hydrogens (primary N) is 1. The molecule has 2 aromatic carbocycles. The molecular weight excluding hydrogens is 238 g/mol. The van der Waals surface area contributed by atoms with Crippen molar-refractivity contribution in [3.05, 3.63) is 41.4 Å². The monoisotopic (exact) mass is 247 g/mol. The molecule has 0 radical (unpaired) electrons. The van der Waals surface area contributed by atoms with Crippen molar-refractivity contribution < 1.29 is 9.47 Å². The van der Waals surface area contributed by atoms with E-state index < -0.39 is 0 Å². The van der Waals surface area contributed by atoms with Crippen LogP contribution in [0.2, 0.25) is 5.02 Å². The molecule has 2 aromatic rings. The molecule has 1 aliphatic heterocycles. The zero-order valence-electron chi connectivity index (χ0n) is 8.94. The average Bonchev–Trinajstić information content (AvgIpc) is 2.79. The summed E-state index contributed by atoms with van der Waals surface area (Å²) in [4.78, 5) is 0. The maximum Gasteiger partial charge on any atom is 0.231 e. The first-order valence-corrected chi connectivity index (χ1v) is 5.57. The van der Waals surface area contributed by atoms with E-state index in [9.17, 15) is 0 Å². The van der Waals surface area contributed by atoms with E-state index in [1.807, 2.05) is 30.3 Å². The molecule has 0 unspecified atom stereocenters. The number of anilines is 1. The van der Waals surface area contributed by atoms with Crippen molar-refractivity contribution >= 4 is 17.3 Å². The number of hydrogen-bond acceptors (Lipinski definition) is 3. The first-order valence-electron chi connectivity index (χ1n) is 5.19. The lowest BCUT2D eigenvalue weighted by Gasteiger charge is -2.05. The summed E-state index contributed by atoms with van der Waals surface area (Å²) in [7, 11) is 0. The second kappa shape index (κ2) is 3.86. The van der Waals surface area contributed by atoms with Gasteiger partial charge in [0.1, 0.15) is 0 Å². The minimum Gasteiger partial charge on any atom is -0.454 e. The van der Waals surface area contributed by atoms with Gasteiger partial charge in [0.05, 0.1) is 10.7 Å². The summed E-state index contributed by atoms with van der Waals surface area (Å²) in [5.74, 6) is 1.53. The molecule has 0 fully saturated rings. The van der Waals surface area contributed by atoms with Gasteiger partial charge in [0.15, 0.2) is 11.5 Å². The minimum absolute atomic E-state index is 0.279. The van der Waals surface area contributed by atoms with E-state index in [1.54, 1.807) is 6.07 Å². The Hall–Kier alpha value is -1.87. The molecule has 3 nitrogen and oxygen atoms in total. The molecule has 3 rings (SSSR count). The number of ether oxygens (including phenoxy) is 2. The predicted molar refractivity (Wildman–Crippen MR) is 67.4 cm³/mol. The van der Waals surface area contributed by atoms with Crippen LogP contribution in [0.5, 0.6) is 11.5 Å². The first-order chi connectivity index (χ1) is 8.24. The fourth-order valence-electron chi connectivity index (χ4n) is 1.78. The van der Waals surface area contributed by atoms with E-state index in [2.05, 4.69) is 0 Å². The maximum absolute atomic E-state index is 6.00. The topological polar surface area (TPSA) is 44.5 Å². The van der Waals surface area contributed by atoms with Crippen LogP contribution < -0.4 is 15.2 Å². The van der Waals surface area contributed by atoms with Gasteiger partial charge in [-0.15, -0.1) is 0 Å². The van der Waals surface area contributed by atoms with Crippen LogP contribution in [-0.4, -0.2) is 6.79 Å². The van der Waals surface area contributed by atoms with Crippen molar-refractivity contribution in [3.8, 4) is 22.6 Å². The highest BCUT2D eigenvalue weighted by atomic mass is 35.5. The van der Waals surface area contributed by atoms with Gasteiger partial charge in [-0.1, -0.05) is 23.7 Å². The molecular formula is C13H10ClNO2. The summed E-state index contributed by atoms with van der Waals surface area (Å²) in [5, 5.41) is 0.556. The summed E-state index contributed by atoms with van der Waals surface area (Å²) in [5.41, 5.74) is 8.29. The van der Waals surface area contributed by atoms with Gasteiger partial charge in [-0.05, 0) is 35.4 Å². The summed E-state index contributed by atoms with van der Waals surface area (Å²) in [6.45, 7) is 0.279. The number of benzene rings is 2. The van der Waals surface area contributed by atoms with Crippen molar-refractivity contribution in [3.63, 3.8) is 0 Å². The van der Waals surface area contributed by atoms with E-state index >= 15 is 0 Å². The average molecular weight is 248 g/mol. The SMILES string of the molecule is Nc1ccc(-c2ccc3c(c2)OCO3)cc1Cl. The van der Waals surface area contributed by atoms with Crippen LogP contribution in [0.15, 0.2) is 36.4 Å². The fraction of sp³-hybridized carbons (Fsp3) is 0.0769. The number of hydrogen-bond donors (Lipinski definition) is 1. The van der Waals surface area contributed by atoms with E-state index in [1.165, 1.54) is 0 Å². The van der Waals surface area contributed by atoms with E-state index in [0.717, 1.165) is 22.6 Å². The fourth-order valence-corrected chi connectivity index (χ4v) is 1.96. The largest absolute Gasteiger partial charge is 0.454 e. The Labute approximate surface area is 104 Å². The van der Waals surface area contributed by atoms with Crippen LogP contribution in [0.4, 0.5) is 5.69 Å². The molecule has 0 bridgehead atoms. The lowest BCUT2D eigenvalue weighted by atomic mass is 10.0. The Balaban J connectivity index is 2.06. The van der Waals surface area contributed by atoms with Gasteiger partial charge in [-0.3, -0.25) is 0 Å². The van der Waals surface area contributed by atoms with Gasteiger partial charge in [0.2, 0.25) is 6.79 Å². The van der Waals surface area contributed by atoms with Gasteiger partial charge >= 0.3 is 0 Å². The lowest BCUT2D eigenvalue weighted by molar-refractivity contribution is 0.174. The molecule has 1 heterocycles. The molecule has 4 heteroatoms. The normalized spacial score (nSPS) is 12.8. The molecule has 0 amide bonds. The lowest BCUT2D eigenvalue weighted by Crippen LogP contribution is -1.92. The van der Waals surface area contributed by atoms with Crippen LogP contribution in [0.1, 0.15) is 0 Å². The summed E-state index contributed by atoms with van der Waals surface area (Å²) in [6, 6.07) is 11.4. The van der Waals surface area contributed by atoms with Crippen molar-refractivity contribution in [1.82, 2.24) is 0 Å². The number of fused-ring (bicyclic) bond motifs is 1. The molecule has 0 saturated carbocycles. The summed E-state index contributed by atoms with van der Waals surface area (Å²) in [6.07, 6.45) is 0. The molecule has 0 aromatic heterocycles. The zero-order chi connectivity index (χ0) is 11.8. The molecule has 2 N–H and O–H groups in total. The van der Waals surface area contributed by atoms with E-state index in [4.69, 9.17) is 26.8 Å². The highest BCUT2D eigenvalue weighted by Gasteiger charge is 2.13. The van der Waals surface area contributed by atoms with Crippen molar-refractivity contribution in [2.24, 2.45) is 0 Å². The maximum atomic E-state index is 6.00. The number of halogens is 1. The third kappa shape index (κ3) is 1.78. The quantitative estimate of drug-likeness (QED) is 0.787. The standard InChI is InChI=1S/C13H10ClNO2/c14-10-5-8(1-3-11(10)15)9-2-4-12-13(6-9)17-7-16-12/h1-6H,7,15H2. The van der Waals surface area contributed by atoms with Crippen LogP contribution in [0, 0.1) is 0 Å². The van der Waals surface area contributed by atoms with E-state index in [-0.39, 0.29) is 6.79 Å². The van der Waals surface area contributed by atoms with Crippen molar-refractivity contribution in [1.29, 1.82) is 0 Å². The number of rotatable bonds is 1. The molecule has 0 atom stereocenters. The van der Waals surface area contributed by atoms with Gasteiger partial charge in [0.25, 0.3) is 0 Å². The zero-order valence-corrected chi connectivity index (χ0v) is 9.70. The van der Waals surface area contributed by atoms with Gasteiger partial charge in [0, 0.05) is 0 Å². The summed E-state index contributed by atoms with van der Waals surface area (Å²) >= 11 is 6.00. The molecule has 17 heavy (non-hydrogen) atoms. The molecule has 1 aliphatic rings. The van der Waals surface area contributed by atoms with Crippen molar-refractivity contribution in [2.45, 2.75) is 0 Å². The third-order valence-corrected chi connectivity index (χ3v) is 3.03. The Morgan fingerprint density at radius 3 is 2.47 bits per heavy atom. The van der Waals surface area contributed by atoms with E-state index in [0.29, 0.717) is 10.7 Å². The van der Waals surface area contributed by atoms with Gasteiger partial charge in [-0.2, -0.15) is 0 Å². The second-order valence-electron chi connectivity index (χ2n) is 3.80. The summed E-state index contributed by atoms with van der Waals surface area (Å²) < 4.78 is 10.6. The second-order valence-corrected chi connectivity index (χ2v) is 4.21. The number of nitrogen functional groups attached to an aromatic ring is 1. The third-order valence-electron chi connectivity index (χ3n) is 2.71. The Morgan fingerprint density at radius 2 is 1.65 bits per heavy atom. The minimum atomic E-state index is 0.279. The van der Waals surface area contributed by atoms with Crippen molar-refractivity contribution in [2.75, 3.05) is 12.5 Å². The Bertz CT molecular complexity index is 584. The Morgan fingerprint density at radius 1 is 0.941 bits per heavy atom. The van der Waals surface area contributed by atoms with Gasteiger partial charge < -0.3 is 15.2 Å². The molecule has 86 valence electrons. The first kappa shape index (κ1) is 10.3. The predicted octanol–water partition coefficient (Wildman–Crippen LogP) is 3.32. The van der Waals surface area contributed by atoms with Crippen LogP contribution in [-0.2, 0) is 0 Å². The van der Waals surface area contributed by atoms with Crippen LogP contribution >= 0.6 is 11.6 Å². The Kier molecular flexibility index (Phi) is 2.34. The molecule has 0 saturated heterocycles. The smallest absolute Gasteiger partial charge is 0.231 e. The molecule has 0 aliphatic carbocycles.